The van der Waals surface area contributed by atoms with Gasteiger partial charge in [0.15, 0.2) is 5.54 Å². The summed E-state index contributed by atoms with van der Waals surface area (Å²) >= 11 is 0. The summed E-state index contributed by atoms with van der Waals surface area (Å²) < 4.78 is 47.1. The first kappa shape index (κ1) is 36.9. The van der Waals surface area contributed by atoms with Gasteiger partial charge in [-0.2, -0.15) is 9.57 Å². The number of ether oxygens (including phenoxy) is 3. The average molecular weight is 732 g/mol. The molecular weight excluding hydrogens is 687 g/mol. The number of carbonyl (C=O) groups excluding carboxylic acids is 2. The van der Waals surface area contributed by atoms with E-state index >= 15 is 4.79 Å². The predicted octanol–water partition coefficient (Wildman–Crippen LogP) is 3.55. The smallest absolute Gasteiger partial charge is 0.318 e. The number of hydrogen-bond donors (Lipinski definition) is 1. The van der Waals surface area contributed by atoms with Crippen molar-refractivity contribution in [1.29, 1.82) is 5.26 Å². The van der Waals surface area contributed by atoms with Crippen LogP contribution in [0.25, 0.3) is 0 Å². The van der Waals surface area contributed by atoms with Crippen molar-refractivity contribution in [3.63, 3.8) is 0 Å². The maximum Gasteiger partial charge on any atom is 0.318 e. The van der Waals surface area contributed by atoms with Gasteiger partial charge in [0.05, 0.1) is 43.2 Å². The van der Waals surface area contributed by atoms with Crippen LogP contribution in [-0.2, 0) is 20.4 Å². The Hall–Kier alpha value is -4.91. The lowest BCUT2D eigenvalue weighted by molar-refractivity contribution is -0.121. The SMILES string of the molecule is CCOc1cc(OC)ccc1S(=O)(=O)N1C(=O)C(NC(=O)N2CCC(N3CCN(CC)CC3)CC2)(c2cccnc2OCC)c2cc(C#N)ccc21. The maximum absolute atomic E-state index is 15.3. The fourth-order valence-electron chi connectivity index (χ4n) is 7.39. The molecule has 2 fully saturated rings. The summed E-state index contributed by atoms with van der Waals surface area (Å²) in [6, 6.07) is 13.5. The number of likely N-dealkylation sites (N-methyl/N-ethyl adjacent to an activating group) is 1. The van der Waals surface area contributed by atoms with Crippen LogP contribution >= 0.6 is 0 Å². The van der Waals surface area contributed by atoms with Gasteiger partial charge < -0.3 is 29.3 Å². The van der Waals surface area contributed by atoms with E-state index < -0.39 is 27.5 Å². The van der Waals surface area contributed by atoms with Gasteiger partial charge in [-0.15, -0.1) is 0 Å². The minimum absolute atomic E-state index is 0.0123. The van der Waals surface area contributed by atoms with Crippen molar-refractivity contribution >= 4 is 27.6 Å². The molecule has 6 rings (SSSR count). The van der Waals surface area contributed by atoms with Crippen molar-refractivity contribution in [1.82, 2.24) is 25.0 Å². The van der Waals surface area contributed by atoms with E-state index in [0.717, 1.165) is 45.6 Å². The Morgan fingerprint density at radius 2 is 1.71 bits per heavy atom. The number of nitriles is 1. The van der Waals surface area contributed by atoms with Gasteiger partial charge in [-0.1, -0.05) is 6.92 Å². The van der Waals surface area contributed by atoms with Crippen LogP contribution < -0.4 is 23.8 Å². The van der Waals surface area contributed by atoms with Gasteiger partial charge in [-0.25, -0.2) is 18.2 Å². The zero-order chi connectivity index (χ0) is 37.0. The van der Waals surface area contributed by atoms with Gasteiger partial charge in [-0.05, 0) is 75.7 Å². The molecule has 1 N–H and O–H groups in total. The highest BCUT2D eigenvalue weighted by molar-refractivity contribution is 7.93. The second-order valence-corrected chi connectivity index (χ2v) is 14.6. The lowest BCUT2D eigenvalue weighted by Crippen LogP contribution is -2.59. The molecule has 0 bridgehead atoms. The third kappa shape index (κ3) is 6.62. The fraction of sp³-hybridized carbons (Fsp3) is 0.459. The molecule has 1 atom stereocenters. The third-order valence-corrected chi connectivity index (χ3v) is 11.8. The first-order valence-electron chi connectivity index (χ1n) is 17.7. The molecule has 0 saturated carbocycles. The van der Waals surface area contributed by atoms with Gasteiger partial charge >= 0.3 is 6.03 Å². The number of sulfonamides is 1. The number of urea groups is 1. The first-order valence-corrected chi connectivity index (χ1v) is 19.1. The van der Waals surface area contributed by atoms with Crippen LogP contribution in [0.4, 0.5) is 10.5 Å². The van der Waals surface area contributed by atoms with E-state index in [9.17, 15) is 18.5 Å². The van der Waals surface area contributed by atoms with E-state index in [-0.39, 0.29) is 52.1 Å². The number of piperidine rings is 1. The van der Waals surface area contributed by atoms with E-state index in [1.165, 1.54) is 49.7 Å². The molecule has 3 aliphatic rings. The lowest BCUT2D eigenvalue weighted by Gasteiger charge is -2.43. The molecule has 3 amide bonds. The van der Waals surface area contributed by atoms with E-state index in [4.69, 9.17) is 14.2 Å². The monoisotopic (exact) mass is 731 g/mol. The number of anilines is 1. The molecule has 2 aromatic carbocycles. The van der Waals surface area contributed by atoms with Crippen LogP contribution in [-0.4, -0.2) is 112 Å². The fourth-order valence-corrected chi connectivity index (χ4v) is 8.97. The van der Waals surface area contributed by atoms with Gasteiger partial charge in [0.2, 0.25) is 5.88 Å². The van der Waals surface area contributed by atoms with Crippen molar-refractivity contribution in [3.8, 4) is 23.4 Å². The van der Waals surface area contributed by atoms with Gasteiger partial charge in [0.1, 0.15) is 16.4 Å². The third-order valence-electron chi connectivity index (χ3n) is 10.1. The van der Waals surface area contributed by atoms with Crippen LogP contribution in [0.2, 0.25) is 0 Å². The van der Waals surface area contributed by atoms with E-state index in [0.29, 0.717) is 29.2 Å². The molecule has 0 spiro atoms. The number of rotatable bonds is 11. The first-order chi connectivity index (χ1) is 25.1. The highest BCUT2D eigenvalue weighted by atomic mass is 32.2. The standard InChI is InChI=1S/C37H45N7O7S/c1-5-41-19-21-42(22-20-41)27-14-17-43(18-15-27)36(46)40-37(29-9-8-16-39-34(29)51-7-3)30-23-26(25-38)10-12-31(30)44(35(37)45)52(47,48)33-13-11-28(49-4)24-32(33)50-6-2/h8-13,16,23-24,27H,5-7,14-15,17-22H2,1-4H3,(H,40,46). The van der Waals surface area contributed by atoms with Crippen molar-refractivity contribution in [2.24, 2.45) is 0 Å². The number of piperazine rings is 1. The zero-order valence-electron chi connectivity index (χ0n) is 30.0. The summed E-state index contributed by atoms with van der Waals surface area (Å²) in [5, 5.41) is 13.0. The summed E-state index contributed by atoms with van der Waals surface area (Å²) in [5.74, 6) is -0.598. The molecule has 276 valence electrons. The van der Waals surface area contributed by atoms with Crippen molar-refractivity contribution < 1.29 is 32.2 Å². The Morgan fingerprint density at radius 3 is 2.37 bits per heavy atom. The quantitative estimate of drug-likeness (QED) is 0.308. The summed E-state index contributed by atoms with van der Waals surface area (Å²) in [6.45, 7) is 11.9. The molecule has 1 unspecified atom stereocenters. The van der Waals surface area contributed by atoms with Crippen LogP contribution in [0.1, 0.15) is 50.3 Å². The Kier molecular flexibility index (Phi) is 10.9. The van der Waals surface area contributed by atoms with Crippen LogP contribution in [0.5, 0.6) is 17.4 Å². The van der Waals surface area contributed by atoms with Crippen LogP contribution in [0.15, 0.2) is 59.6 Å². The van der Waals surface area contributed by atoms with Crippen molar-refractivity contribution in [3.05, 3.63) is 71.4 Å². The summed E-state index contributed by atoms with van der Waals surface area (Å²) in [7, 11) is -3.26. The number of fused-ring (bicyclic) bond motifs is 1. The Balaban J connectivity index is 1.43. The average Bonchev–Trinajstić information content (AvgIpc) is 3.42. The number of nitrogens with zero attached hydrogens (tertiary/aromatic N) is 6. The molecule has 2 saturated heterocycles. The second-order valence-electron chi connectivity index (χ2n) is 12.8. The van der Waals surface area contributed by atoms with Crippen molar-refractivity contribution in [2.45, 2.75) is 50.1 Å². The molecule has 4 heterocycles. The van der Waals surface area contributed by atoms with Gasteiger partial charge in [-0.3, -0.25) is 9.69 Å². The Morgan fingerprint density at radius 1 is 0.981 bits per heavy atom. The van der Waals surface area contributed by atoms with Gasteiger partial charge in [0, 0.05) is 63.1 Å². The maximum atomic E-state index is 15.3. The molecule has 14 nitrogen and oxygen atoms in total. The number of likely N-dealkylation sites (tertiary alicyclic amines) is 1. The predicted molar refractivity (Wildman–Crippen MR) is 193 cm³/mol. The molecule has 15 heteroatoms. The molecule has 3 aliphatic heterocycles. The number of carbonyl (C=O) groups is 2. The Labute approximate surface area is 304 Å². The number of benzene rings is 2. The minimum atomic E-state index is -4.70. The number of amides is 3. The molecular formula is C37H45N7O7S. The number of aromatic nitrogens is 1. The molecule has 52 heavy (non-hydrogen) atoms. The number of methoxy groups -OCH3 is 1. The van der Waals surface area contributed by atoms with E-state index in [2.05, 4.69) is 33.1 Å². The van der Waals surface area contributed by atoms with E-state index in [1.54, 1.807) is 30.9 Å². The van der Waals surface area contributed by atoms with Crippen LogP contribution in [0, 0.1) is 11.3 Å². The molecule has 0 aliphatic carbocycles. The summed E-state index contributed by atoms with van der Waals surface area (Å²) in [4.78, 5) is 40.4. The number of hydrogen-bond acceptors (Lipinski definition) is 11. The van der Waals surface area contributed by atoms with E-state index in [1.807, 2.05) is 0 Å². The number of pyridine rings is 1. The molecule has 0 radical (unpaired) electrons. The zero-order valence-corrected chi connectivity index (χ0v) is 30.8. The molecule has 3 aromatic rings. The molecule has 1 aromatic heterocycles. The van der Waals surface area contributed by atoms with Crippen molar-refractivity contribution in [2.75, 3.05) is 70.4 Å². The summed E-state index contributed by atoms with van der Waals surface area (Å²) in [6.07, 6.45) is 3.00. The minimum Gasteiger partial charge on any atom is -0.497 e. The largest absolute Gasteiger partial charge is 0.497 e. The topological polar surface area (TPSA) is 158 Å². The van der Waals surface area contributed by atoms with Gasteiger partial charge in [0.25, 0.3) is 15.9 Å². The lowest BCUT2D eigenvalue weighted by atomic mass is 9.83. The Bertz CT molecular complexity index is 1950. The second kappa shape index (κ2) is 15.4. The normalized spacial score (nSPS) is 19.9. The highest BCUT2D eigenvalue weighted by Gasteiger charge is 2.59. The number of nitrogens with one attached hydrogen (secondary N) is 1. The highest BCUT2D eigenvalue weighted by Crippen LogP contribution is 2.50. The van der Waals surface area contributed by atoms with Crippen LogP contribution in [0.3, 0.4) is 0 Å². The summed E-state index contributed by atoms with van der Waals surface area (Å²) in [5.41, 5.74) is -1.78.